The first-order chi connectivity index (χ1) is 15.1. The molecule has 7 nitrogen and oxygen atoms in total. The predicted octanol–water partition coefficient (Wildman–Crippen LogP) is 4.40. The number of carbonyl (C=O) groups excluding carboxylic acids is 1. The fourth-order valence-electron chi connectivity index (χ4n) is 3.07. The minimum atomic E-state index is -0.226. The number of carbonyl (C=O) groups is 1. The highest BCUT2D eigenvalue weighted by atomic mass is 32.2. The van der Waals surface area contributed by atoms with Gasteiger partial charge in [-0.2, -0.15) is 0 Å². The maximum atomic E-state index is 12.7. The number of benzene rings is 2. The minimum Gasteiger partial charge on any atom is -0.493 e. The number of nitrogens with zero attached hydrogens (tertiary/aromatic N) is 1. The standard InChI is InChI=1S/C22H19N3O4S2/c1-28-16-9-8-14(10-17(16)29-2)23-18(26)12-31-22-24-20(27)19-15(11-30-21(19)25-22)13-6-4-3-5-7-13/h3-11H,12H2,1-2H3,(H,23,26)(H,24,25,27). The van der Waals surface area contributed by atoms with Crippen molar-refractivity contribution in [1.29, 1.82) is 0 Å². The van der Waals surface area contributed by atoms with Crippen LogP contribution in [-0.4, -0.2) is 35.8 Å². The van der Waals surface area contributed by atoms with Crippen LogP contribution in [0.15, 0.2) is 63.9 Å². The van der Waals surface area contributed by atoms with Crippen molar-refractivity contribution >= 4 is 44.9 Å². The molecule has 158 valence electrons. The van der Waals surface area contributed by atoms with Gasteiger partial charge in [0.1, 0.15) is 4.83 Å². The minimum absolute atomic E-state index is 0.0969. The number of hydrogen-bond donors (Lipinski definition) is 2. The zero-order valence-corrected chi connectivity index (χ0v) is 18.4. The van der Waals surface area contributed by atoms with Gasteiger partial charge < -0.3 is 19.8 Å². The van der Waals surface area contributed by atoms with Crippen molar-refractivity contribution in [3.8, 4) is 22.6 Å². The van der Waals surface area contributed by atoms with Gasteiger partial charge in [0, 0.05) is 22.7 Å². The third-order valence-corrected chi connectivity index (χ3v) is 6.26. The number of rotatable bonds is 7. The maximum absolute atomic E-state index is 12.7. The van der Waals surface area contributed by atoms with E-state index in [2.05, 4.69) is 15.3 Å². The normalized spacial score (nSPS) is 10.8. The Kier molecular flexibility index (Phi) is 6.24. The topological polar surface area (TPSA) is 93.3 Å². The SMILES string of the molecule is COc1ccc(NC(=O)CSc2nc3scc(-c4ccccc4)c3c(=O)[nH]2)cc1OC. The molecule has 0 atom stereocenters. The number of thiophene rings is 1. The van der Waals surface area contributed by atoms with Crippen LogP contribution >= 0.6 is 23.1 Å². The van der Waals surface area contributed by atoms with Crippen LogP contribution in [0.5, 0.6) is 11.5 Å². The number of methoxy groups -OCH3 is 2. The molecular weight excluding hydrogens is 434 g/mol. The van der Waals surface area contributed by atoms with Crippen molar-refractivity contribution in [3.05, 3.63) is 64.3 Å². The third-order valence-electron chi connectivity index (χ3n) is 4.51. The first-order valence-corrected chi connectivity index (χ1v) is 11.2. The summed E-state index contributed by atoms with van der Waals surface area (Å²) in [6.45, 7) is 0. The van der Waals surface area contributed by atoms with Crippen LogP contribution in [0.1, 0.15) is 0 Å². The molecule has 0 aliphatic carbocycles. The molecule has 2 N–H and O–H groups in total. The summed E-state index contributed by atoms with van der Waals surface area (Å²) in [7, 11) is 3.08. The van der Waals surface area contributed by atoms with Gasteiger partial charge >= 0.3 is 0 Å². The highest BCUT2D eigenvalue weighted by molar-refractivity contribution is 7.99. The van der Waals surface area contributed by atoms with E-state index in [4.69, 9.17) is 9.47 Å². The molecule has 0 unspecified atom stereocenters. The third kappa shape index (κ3) is 4.57. The van der Waals surface area contributed by atoms with E-state index in [1.807, 2.05) is 35.7 Å². The molecule has 0 radical (unpaired) electrons. The van der Waals surface area contributed by atoms with Crippen LogP contribution in [0.3, 0.4) is 0 Å². The van der Waals surface area contributed by atoms with E-state index in [1.54, 1.807) is 25.3 Å². The first-order valence-electron chi connectivity index (χ1n) is 9.30. The van der Waals surface area contributed by atoms with Gasteiger partial charge in [-0.05, 0) is 17.7 Å². The summed E-state index contributed by atoms with van der Waals surface area (Å²) in [6.07, 6.45) is 0. The Morgan fingerprint density at radius 2 is 1.90 bits per heavy atom. The highest BCUT2D eigenvalue weighted by Crippen LogP contribution is 2.32. The van der Waals surface area contributed by atoms with E-state index >= 15 is 0 Å². The van der Waals surface area contributed by atoms with E-state index < -0.39 is 0 Å². The van der Waals surface area contributed by atoms with Crippen LogP contribution in [0, 0.1) is 0 Å². The summed E-state index contributed by atoms with van der Waals surface area (Å²) >= 11 is 2.58. The fourth-order valence-corrected chi connectivity index (χ4v) is 4.74. The molecule has 0 aliphatic rings. The van der Waals surface area contributed by atoms with Crippen LogP contribution in [-0.2, 0) is 4.79 Å². The Balaban J connectivity index is 1.47. The Morgan fingerprint density at radius 3 is 2.65 bits per heavy atom. The Morgan fingerprint density at radius 1 is 1.13 bits per heavy atom. The van der Waals surface area contributed by atoms with Crippen LogP contribution in [0.25, 0.3) is 21.3 Å². The van der Waals surface area contributed by atoms with Crippen LogP contribution in [0.2, 0.25) is 0 Å². The highest BCUT2D eigenvalue weighted by Gasteiger charge is 2.14. The lowest BCUT2D eigenvalue weighted by molar-refractivity contribution is -0.113. The molecule has 1 amide bonds. The van der Waals surface area contributed by atoms with E-state index in [9.17, 15) is 9.59 Å². The number of hydrogen-bond acceptors (Lipinski definition) is 7. The van der Waals surface area contributed by atoms with Crippen molar-refractivity contribution < 1.29 is 14.3 Å². The molecule has 0 aliphatic heterocycles. The quantitative estimate of drug-likeness (QED) is 0.318. The van der Waals surface area contributed by atoms with Crippen molar-refractivity contribution in [3.63, 3.8) is 0 Å². The van der Waals surface area contributed by atoms with Crippen LogP contribution < -0.4 is 20.3 Å². The molecule has 0 fully saturated rings. The largest absolute Gasteiger partial charge is 0.493 e. The zero-order valence-electron chi connectivity index (χ0n) is 16.8. The van der Waals surface area contributed by atoms with Crippen LogP contribution in [0.4, 0.5) is 5.69 Å². The number of fused-ring (bicyclic) bond motifs is 1. The smallest absolute Gasteiger partial charge is 0.260 e. The molecule has 4 rings (SSSR count). The zero-order chi connectivity index (χ0) is 21.8. The number of amides is 1. The number of nitrogens with one attached hydrogen (secondary N) is 2. The summed E-state index contributed by atoms with van der Waals surface area (Å²) in [4.78, 5) is 33.0. The predicted molar refractivity (Wildman–Crippen MR) is 125 cm³/mol. The van der Waals surface area contributed by atoms with Gasteiger partial charge in [-0.15, -0.1) is 11.3 Å². The van der Waals surface area contributed by atoms with E-state index in [-0.39, 0.29) is 17.2 Å². The average molecular weight is 454 g/mol. The monoisotopic (exact) mass is 453 g/mol. The molecule has 2 aromatic carbocycles. The Hall–Kier alpha value is -3.30. The molecule has 0 bridgehead atoms. The van der Waals surface area contributed by atoms with Crippen molar-refractivity contribution in [2.75, 3.05) is 25.3 Å². The van der Waals surface area contributed by atoms with Crippen molar-refractivity contribution in [2.45, 2.75) is 5.16 Å². The lowest BCUT2D eigenvalue weighted by Crippen LogP contribution is -2.15. The summed E-state index contributed by atoms with van der Waals surface area (Å²) in [5.41, 5.74) is 2.20. The van der Waals surface area contributed by atoms with Gasteiger partial charge in [0.05, 0.1) is 25.4 Å². The lowest BCUT2D eigenvalue weighted by atomic mass is 10.1. The van der Waals surface area contributed by atoms with Gasteiger partial charge in [0.15, 0.2) is 16.7 Å². The number of ether oxygens (including phenoxy) is 2. The number of thioether (sulfide) groups is 1. The second-order valence-corrected chi connectivity index (χ2v) is 8.30. The Bertz CT molecular complexity index is 1290. The number of aromatic nitrogens is 2. The molecule has 2 heterocycles. The first kappa shape index (κ1) is 21.0. The molecule has 0 saturated carbocycles. The molecular formula is C22H19N3O4S2. The number of H-pyrrole nitrogens is 1. The van der Waals surface area contributed by atoms with Gasteiger partial charge in [-0.25, -0.2) is 4.98 Å². The molecule has 31 heavy (non-hydrogen) atoms. The summed E-state index contributed by atoms with van der Waals surface area (Å²) in [5, 5.41) is 5.70. The second-order valence-electron chi connectivity index (χ2n) is 6.47. The Labute approximate surface area is 186 Å². The van der Waals surface area contributed by atoms with E-state index in [0.29, 0.717) is 32.6 Å². The molecule has 2 aromatic heterocycles. The van der Waals surface area contributed by atoms with Gasteiger partial charge in [0.2, 0.25) is 5.91 Å². The van der Waals surface area contributed by atoms with Crippen molar-refractivity contribution in [1.82, 2.24) is 9.97 Å². The lowest BCUT2D eigenvalue weighted by Gasteiger charge is -2.10. The van der Waals surface area contributed by atoms with Crippen molar-refractivity contribution in [2.24, 2.45) is 0 Å². The summed E-state index contributed by atoms with van der Waals surface area (Å²) in [5.74, 6) is 0.975. The van der Waals surface area contributed by atoms with E-state index in [0.717, 1.165) is 11.1 Å². The average Bonchev–Trinajstić information content (AvgIpc) is 3.23. The number of aromatic amines is 1. The number of anilines is 1. The molecule has 0 spiro atoms. The molecule has 0 saturated heterocycles. The van der Waals surface area contributed by atoms with Gasteiger partial charge in [0.25, 0.3) is 5.56 Å². The van der Waals surface area contributed by atoms with E-state index in [1.165, 1.54) is 30.2 Å². The van der Waals surface area contributed by atoms with Gasteiger partial charge in [-0.1, -0.05) is 42.1 Å². The van der Waals surface area contributed by atoms with Gasteiger partial charge in [-0.3, -0.25) is 9.59 Å². The molecule has 9 heteroatoms. The summed E-state index contributed by atoms with van der Waals surface area (Å²) < 4.78 is 10.4. The second kappa shape index (κ2) is 9.23. The fraction of sp³-hybridized carbons (Fsp3) is 0.136. The maximum Gasteiger partial charge on any atom is 0.260 e. The summed E-state index contributed by atoms with van der Waals surface area (Å²) in [6, 6.07) is 14.8. The molecule has 4 aromatic rings.